The molecule has 0 radical (unpaired) electrons. The molecular formula is C21H50O11. The Balaban J connectivity index is -0.000000167. The molecule has 11 heteroatoms. The second-order valence-corrected chi connectivity index (χ2v) is 6.92. The largest absolute Gasteiger partial charge is 0.396 e. The van der Waals surface area contributed by atoms with Crippen molar-refractivity contribution < 1.29 is 54.7 Å². The lowest BCUT2D eigenvalue weighted by atomic mass is 10.2. The second kappa shape index (κ2) is 32.7. The first-order valence-electron chi connectivity index (χ1n) is 10.7. The van der Waals surface area contributed by atoms with E-state index in [1.54, 1.807) is 21.3 Å². The van der Waals surface area contributed by atoms with Gasteiger partial charge in [0, 0.05) is 33.9 Å². The molecular weight excluding hydrogens is 428 g/mol. The molecule has 5 unspecified atom stereocenters. The topological polar surface area (TPSA) is 179 Å². The van der Waals surface area contributed by atoms with Gasteiger partial charge in [0.25, 0.3) is 0 Å². The number of methoxy groups -OCH3 is 3. The fourth-order valence-electron chi connectivity index (χ4n) is 1.46. The molecule has 0 rings (SSSR count). The third kappa shape index (κ3) is 36.9. The first-order chi connectivity index (χ1) is 15.2. The Kier molecular flexibility index (Phi) is 39.7. The normalized spacial score (nSPS) is 14.9. The molecule has 0 aromatic heterocycles. The average Bonchev–Trinajstić information content (AvgIpc) is 2.81. The summed E-state index contributed by atoms with van der Waals surface area (Å²) >= 11 is 0. The molecule has 0 spiro atoms. The van der Waals surface area contributed by atoms with Crippen LogP contribution in [0, 0.1) is 5.92 Å². The second-order valence-electron chi connectivity index (χ2n) is 6.92. The molecule has 0 aliphatic rings. The maximum atomic E-state index is 8.73. The van der Waals surface area contributed by atoms with Gasteiger partial charge in [0.2, 0.25) is 0 Å². The van der Waals surface area contributed by atoms with Crippen molar-refractivity contribution in [1.29, 1.82) is 0 Å². The molecule has 0 aliphatic carbocycles. The third-order valence-corrected chi connectivity index (χ3v) is 3.63. The van der Waals surface area contributed by atoms with Crippen molar-refractivity contribution in [3.8, 4) is 0 Å². The molecule has 0 saturated heterocycles. The fraction of sp³-hybridized carbons (Fsp3) is 1.00. The summed E-state index contributed by atoms with van der Waals surface area (Å²) in [5.41, 5.74) is 0. The van der Waals surface area contributed by atoms with Gasteiger partial charge in [-0.25, -0.2) is 0 Å². The van der Waals surface area contributed by atoms with E-state index >= 15 is 0 Å². The number of hydrogen-bond donors (Lipinski definition) is 7. The minimum absolute atomic E-state index is 0.0342. The zero-order valence-corrected chi connectivity index (χ0v) is 20.7. The minimum Gasteiger partial charge on any atom is -0.396 e. The molecule has 32 heavy (non-hydrogen) atoms. The van der Waals surface area contributed by atoms with E-state index in [4.69, 9.17) is 50.0 Å². The summed E-state index contributed by atoms with van der Waals surface area (Å²) in [5, 5.41) is 59.6. The van der Waals surface area contributed by atoms with Crippen molar-refractivity contribution in [1.82, 2.24) is 0 Å². The first-order valence-corrected chi connectivity index (χ1v) is 10.7. The highest BCUT2D eigenvalue weighted by atomic mass is 16.5. The molecule has 11 nitrogen and oxygen atoms in total. The zero-order valence-electron chi connectivity index (χ0n) is 20.7. The third-order valence-electron chi connectivity index (χ3n) is 3.63. The van der Waals surface area contributed by atoms with Gasteiger partial charge in [-0.3, -0.25) is 0 Å². The maximum Gasteiger partial charge on any atom is 0.100 e. The number of aliphatic hydroxyl groups is 7. The molecule has 0 amide bonds. The standard InChI is InChI=1S/C6H14O5.3C5H12O2/c7-1-5(9)3-11-4-6(10)2-8;1-5(3-6)4-7-2;1-3-5(6)4-7-2;1-3-5(4-6)7-2/h5-10H,1-4H2;3*5-6H,3-4H2,1-2H3. The highest BCUT2D eigenvalue weighted by molar-refractivity contribution is 4.53. The SMILES string of the molecule is CCC(CO)OC.CCC(O)COC.COCC(C)CO.OCC(O)COCC(O)CO. The summed E-state index contributed by atoms with van der Waals surface area (Å²) in [6.45, 7) is 6.48. The van der Waals surface area contributed by atoms with E-state index in [-0.39, 0.29) is 57.8 Å². The van der Waals surface area contributed by atoms with E-state index < -0.39 is 12.2 Å². The van der Waals surface area contributed by atoms with E-state index in [0.29, 0.717) is 13.2 Å². The van der Waals surface area contributed by atoms with Crippen molar-refractivity contribution in [3.05, 3.63) is 0 Å². The summed E-state index contributed by atoms with van der Waals surface area (Å²) < 4.78 is 18.9. The lowest BCUT2D eigenvalue weighted by molar-refractivity contribution is -0.0364. The summed E-state index contributed by atoms with van der Waals surface area (Å²) in [6.07, 6.45) is -0.410. The van der Waals surface area contributed by atoms with E-state index in [9.17, 15) is 0 Å². The quantitative estimate of drug-likeness (QED) is 0.150. The van der Waals surface area contributed by atoms with Crippen molar-refractivity contribution in [2.45, 2.75) is 58.0 Å². The summed E-state index contributed by atoms with van der Waals surface area (Å²) in [4.78, 5) is 0. The number of ether oxygens (including phenoxy) is 4. The Morgan fingerprint density at radius 3 is 1.22 bits per heavy atom. The molecule has 0 aromatic rings. The van der Waals surface area contributed by atoms with Gasteiger partial charge in [-0.05, 0) is 12.8 Å². The van der Waals surface area contributed by atoms with Crippen molar-refractivity contribution in [2.24, 2.45) is 5.92 Å². The Morgan fingerprint density at radius 2 is 1.06 bits per heavy atom. The first kappa shape index (κ1) is 38.8. The molecule has 0 fully saturated rings. The Labute approximate surface area is 193 Å². The number of rotatable bonds is 15. The van der Waals surface area contributed by atoms with Gasteiger partial charge in [0.05, 0.1) is 58.5 Å². The van der Waals surface area contributed by atoms with Crippen molar-refractivity contribution in [2.75, 3.05) is 74.2 Å². The van der Waals surface area contributed by atoms with Gasteiger partial charge in [-0.2, -0.15) is 0 Å². The predicted molar refractivity (Wildman–Crippen MR) is 121 cm³/mol. The van der Waals surface area contributed by atoms with Gasteiger partial charge in [0.1, 0.15) is 12.2 Å². The summed E-state index contributed by atoms with van der Waals surface area (Å²) in [6, 6.07) is 0. The molecule has 0 heterocycles. The van der Waals surface area contributed by atoms with E-state index in [1.807, 2.05) is 20.8 Å². The van der Waals surface area contributed by atoms with Gasteiger partial charge < -0.3 is 54.7 Å². The highest BCUT2D eigenvalue weighted by Crippen LogP contribution is 1.91. The lowest BCUT2D eigenvalue weighted by Crippen LogP contribution is -2.25. The van der Waals surface area contributed by atoms with E-state index in [2.05, 4.69) is 4.74 Å². The molecule has 0 aromatic carbocycles. The zero-order chi connectivity index (χ0) is 25.8. The summed E-state index contributed by atoms with van der Waals surface area (Å²) in [5.74, 6) is 0.282. The van der Waals surface area contributed by atoms with Crippen LogP contribution in [0.2, 0.25) is 0 Å². The number of hydrogen-bond acceptors (Lipinski definition) is 11. The van der Waals surface area contributed by atoms with Crippen LogP contribution >= 0.6 is 0 Å². The fourth-order valence-corrected chi connectivity index (χ4v) is 1.46. The lowest BCUT2D eigenvalue weighted by Gasteiger charge is -2.10. The van der Waals surface area contributed by atoms with Crippen LogP contribution in [0.4, 0.5) is 0 Å². The highest BCUT2D eigenvalue weighted by Gasteiger charge is 2.05. The molecule has 7 N–H and O–H groups in total. The van der Waals surface area contributed by atoms with Crippen molar-refractivity contribution in [3.63, 3.8) is 0 Å². The minimum atomic E-state index is -0.916. The Morgan fingerprint density at radius 1 is 0.594 bits per heavy atom. The Bertz CT molecular complexity index is 280. The number of aliphatic hydroxyl groups excluding tert-OH is 7. The summed E-state index contributed by atoms with van der Waals surface area (Å²) in [7, 11) is 4.81. The van der Waals surface area contributed by atoms with Crippen LogP contribution in [0.3, 0.4) is 0 Å². The van der Waals surface area contributed by atoms with Gasteiger partial charge in [0.15, 0.2) is 0 Å². The Hall–Kier alpha value is -0.440. The smallest absolute Gasteiger partial charge is 0.100 e. The van der Waals surface area contributed by atoms with Gasteiger partial charge in [-0.15, -0.1) is 0 Å². The maximum absolute atomic E-state index is 8.73. The molecule has 200 valence electrons. The van der Waals surface area contributed by atoms with Gasteiger partial charge in [-0.1, -0.05) is 20.8 Å². The van der Waals surface area contributed by atoms with Crippen LogP contribution < -0.4 is 0 Å². The molecule has 0 bridgehead atoms. The van der Waals surface area contributed by atoms with Crippen molar-refractivity contribution >= 4 is 0 Å². The van der Waals surface area contributed by atoms with Crippen LogP contribution in [0.5, 0.6) is 0 Å². The van der Waals surface area contributed by atoms with Crippen LogP contribution in [0.15, 0.2) is 0 Å². The van der Waals surface area contributed by atoms with Crippen LogP contribution in [-0.2, 0) is 18.9 Å². The van der Waals surface area contributed by atoms with Crippen LogP contribution in [0.1, 0.15) is 33.6 Å². The van der Waals surface area contributed by atoms with Gasteiger partial charge >= 0.3 is 0 Å². The van der Waals surface area contributed by atoms with E-state index in [0.717, 1.165) is 12.8 Å². The molecule has 0 aliphatic heterocycles. The molecule has 5 atom stereocenters. The average molecular weight is 479 g/mol. The van der Waals surface area contributed by atoms with Crippen LogP contribution in [0.25, 0.3) is 0 Å². The van der Waals surface area contributed by atoms with Crippen LogP contribution in [-0.4, -0.2) is 134 Å². The van der Waals surface area contributed by atoms with E-state index in [1.165, 1.54) is 0 Å². The monoisotopic (exact) mass is 478 g/mol. The molecule has 0 saturated carbocycles. The predicted octanol–water partition coefficient (Wildman–Crippen LogP) is -1.22.